The molecule has 0 unspecified atom stereocenters. The molecular weight excluding hydrogens is 408 g/mol. The van der Waals surface area contributed by atoms with Crippen molar-refractivity contribution in [3.05, 3.63) is 125 Å². The Bertz CT molecular complexity index is 1430. The summed E-state index contributed by atoms with van der Waals surface area (Å²) in [5.74, 6) is 0. The van der Waals surface area contributed by atoms with Crippen LogP contribution < -0.4 is 0 Å². The van der Waals surface area contributed by atoms with E-state index in [2.05, 4.69) is 17.1 Å². The van der Waals surface area contributed by atoms with Crippen LogP contribution in [0.15, 0.2) is 139 Å². The van der Waals surface area contributed by atoms with E-state index in [0.717, 1.165) is 62.3 Å². The van der Waals surface area contributed by atoms with Crippen molar-refractivity contribution in [2.45, 2.75) is 6.42 Å². The van der Waals surface area contributed by atoms with Crippen LogP contribution in [0.4, 0.5) is 0 Å². The molecule has 0 saturated heterocycles. The molecule has 5 aliphatic heterocycles. The summed E-state index contributed by atoms with van der Waals surface area (Å²) in [7, 11) is 0. The van der Waals surface area contributed by atoms with Crippen LogP contribution >= 0.6 is 0 Å². The SMILES string of the molecule is OCCC1=C(c2ccccc2)C2=CC3=NC(=CC4=NC(=CC5=NC(=CC1=N2)C=C5)C=C4)C=C3. The quantitative estimate of drug-likeness (QED) is 0.734. The van der Waals surface area contributed by atoms with Crippen LogP contribution in [0, 0.1) is 0 Å². The fraction of sp³-hybridized carbons (Fsp3) is 0.0714. The van der Waals surface area contributed by atoms with E-state index in [9.17, 15) is 5.11 Å². The highest BCUT2D eigenvalue weighted by atomic mass is 16.3. The maximum Gasteiger partial charge on any atom is 0.0740 e. The highest BCUT2D eigenvalue weighted by molar-refractivity contribution is 6.22. The zero-order chi connectivity index (χ0) is 22.2. The standard InChI is InChI=1S/C28H20N4O/c33-13-12-25-26-16-23-10-8-21(30-23)14-19-6-7-20(29-19)15-22-9-11-24(31-22)17-27(32-26)28(25)18-4-2-1-3-5-18/h1-11,14-17,33H,12-13H2. The minimum Gasteiger partial charge on any atom is -0.396 e. The summed E-state index contributed by atoms with van der Waals surface area (Å²) in [6, 6.07) is 10.2. The van der Waals surface area contributed by atoms with E-state index >= 15 is 0 Å². The summed E-state index contributed by atoms with van der Waals surface area (Å²) in [6.45, 7) is 0.0395. The first kappa shape index (κ1) is 19.5. The molecule has 5 nitrogen and oxygen atoms in total. The van der Waals surface area contributed by atoms with Gasteiger partial charge in [-0.1, -0.05) is 30.3 Å². The second kappa shape index (κ2) is 8.04. The van der Waals surface area contributed by atoms with Crippen LogP contribution in [0.1, 0.15) is 12.0 Å². The van der Waals surface area contributed by atoms with E-state index in [0.29, 0.717) is 6.42 Å². The molecule has 0 aromatic heterocycles. The molecule has 5 heterocycles. The van der Waals surface area contributed by atoms with Gasteiger partial charge in [0.1, 0.15) is 0 Å². The number of aliphatic hydroxyl groups excluding tert-OH is 1. The third-order valence-electron chi connectivity index (χ3n) is 5.74. The van der Waals surface area contributed by atoms with Crippen molar-refractivity contribution < 1.29 is 5.11 Å². The predicted octanol–water partition coefficient (Wildman–Crippen LogP) is 4.86. The predicted molar refractivity (Wildman–Crippen MR) is 135 cm³/mol. The molecule has 0 radical (unpaired) electrons. The number of allylic oxidation sites excluding steroid dienone is 11. The van der Waals surface area contributed by atoms with Crippen LogP contribution in [-0.2, 0) is 0 Å². The second-order valence-corrected chi connectivity index (χ2v) is 8.04. The van der Waals surface area contributed by atoms with Gasteiger partial charge in [-0.25, -0.2) is 20.0 Å². The molecule has 6 rings (SSSR count). The Morgan fingerprint density at radius 1 is 0.606 bits per heavy atom. The van der Waals surface area contributed by atoms with Crippen molar-refractivity contribution in [2.75, 3.05) is 6.61 Å². The summed E-state index contributed by atoms with van der Waals surface area (Å²) in [5, 5.41) is 9.85. The molecule has 1 aromatic carbocycles. The summed E-state index contributed by atoms with van der Waals surface area (Å²) in [6.07, 6.45) is 20.3. The first-order valence-electron chi connectivity index (χ1n) is 10.9. The lowest BCUT2D eigenvalue weighted by atomic mass is 9.94. The Kier molecular flexibility index (Phi) is 4.74. The largest absolute Gasteiger partial charge is 0.396 e. The maximum atomic E-state index is 9.85. The molecule has 0 amide bonds. The maximum absolute atomic E-state index is 9.85. The smallest absolute Gasteiger partial charge is 0.0740 e. The van der Waals surface area contributed by atoms with Gasteiger partial charge in [0.25, 0.3) is 0 Å². The minimum absolute atomic E-state index is 0.0395. The Hall–Kier alpha value is -4.22. The number of aliphatic imine (C=N–C) groups is 4. The van der Waals surface area contributed by atoms with E-state index in [1.165, 1.54) is 0 Å². The lowest BCUT2D eigenvalue weighted by Gasteiger charge is -2.09. The molecule has 0 spiro atoms. The monoisotopic (exact) mass is 428 g/mol. The summed E-state index contributed by atoms with van der Waals surface area (Å²) >= 11 is 0. The van der Waals surface area contributed by atoms with Crippen molar-refractivity contribution in [2.24, 2.45) is 20.0 Å². The zero-order valence-corrected chi connectivity index (χ0v) is 17.8. The molecule has 1 N–H and O–H groups in total. The first-order chi connectivity index (χ1) is 16.2. The zero-order valence-electron chi connectivity index (χ0n) is 17.8. The summed E-state index contributed by atoms with van der Waals surface area (Å²) in [5.41, 5.74) is 9.81. The third-order valence-corrected chi connectivity index (χ3v) is 5.74. The molecule has 0 saturated carbocycles. The van der Waals surface area contributed by atoms with E-state index < -0.39 is 0 Å². The number of hydrogen-bond acceptors (Lipinski definition) is 5. The molecule has 0 fully saturated rings. The number of nitrogens with zero attached hydrogens (tertiary/aromatic N) is 4. The van der Waals surface area contributed by atoms with E-state index in [-0.39, 0.29) is 6.61 Å². The Morgan fingerprint density at radius 2 is 1.18 bits per heavy atom. The molecule has 5 aliphatic rings. The number of fused-ring (bicyclic) bond motifs is 4. The van der Waals surface area contributed by atoms with Gasteiger partial charge in [0.05, 0.1) is 45.6 Å². The van der Waals surface area contributed by atoms with Crippen LogP contribution in [-0.4, -0.2) is 34.6 Å². The van der Waals surface area contributed by atoms with E-state index in [4.69, 9.17) is 15.0 Å². The Balaban J connectivity index is 1.56. The second-order valence-electron chi connectivity index (χ2n) is 8.04. The molecule has 1 aromatic rings. The molecule has 8 bridgehead atoms. The number of rotatable bonds is 3. The summed E-state index contributed by atoms with van der Waals surface area (Å²) in [4.78, 5) is 19.1. The van der Waals surface area contributed by atoms with Gasteiger partial charge in [-0.15, -0.1) is 0 Å². The van der Waals surface area contributed by atoms with Crippen LogP contribution in [0.3, 0.4) is 0 Å². The molecular formula is C28H20N4O. The van der Waals surface area contributed by atoms with Gasteiger partial charge in [0.2, 0.25) is 0 Å². The fourth-order valence-corrected chi connectivity index (χ4v) is 4.30. The van der Waals surface area contributed by atoms with E-state index in [1.807, 2.05) is 79.0 Å². The van der Waals surface area contributed by atoms with Crippen molar-refractivity contribution in [3.63, 3.8) is 0 Å². The lowest BCUT2D eigenvalue weighted by molar-refractivity contribution is 0.301. The Morgan fingerprint density at radius 3 is 1.79 bits per heavy atom. The fourth-order valence-electron chi connectivity index (χ4n) is 4.30. The number of hydrogen-bond donors (Lipinski definition) is 1. The normalized spacial score (nSPS) is 20.3. The molecule has 0 aliphatic carbocycles. The van der Waals surface area contributed by atoms with Crippen LogP contribution in [0.25, 0.3) is 5.57 Å². The average Bonchev–Trinajstić information content (AvgIpc) is 3.60. The van der Waals surface area contributed by atoms with Gasteiger partial charge in [-0.05, 0) is 78.3 Å². The molecule has 0 atom stereocenters. The van der Waals surface area contributed by atoms with E-state index in [1.54, 1.807) is 0 Å². The number of aliphatic hydroxyl groups is 1. The molecule has 33 heavy (non-hydrogen) atoms. The van der Waals surface area contributed by atoms with Gasteiger partial charge in [-0.3, -0.25) is 0 Å². The van der Waals surface area contributed by atoms with Crippen LogP contribution in [0.5, 0.6) is 0 Å². The van der Waals surface area contributed by atoms with Gasteiger partial charge in [0.15, 0.2) is 0 Å². The topological polar surface area (TPSA) is 69.7 Å². The van der Waals surface area contributed by atoms with Crippen molar-refractivity contribution >= 4 is 28.4 Å². The average molecular weight is 428 g/mol. The van der Waals surface area contributed by atoms with Gasteiger partial charge < -0.3 is 5.11 Å². The molecule has 5 heteroatoms. The van der Waals surface area contributed by atoms with Gasteiger partial charge in [0, 0.05) is 12.2 Å². The van der Waals surface area contributed by atoms with Crippen LogP contribution in [0.2, 0.25) is 0 Å². The third kappa shape index (κ3) is 3.79. The van der Waals surface area contributed by atoms with Gasteiger partial charge >= 0.3 is 0 Å². The Labute approximate surface area is 191 Å². The minimum atomic E-state index is 0.0395. The van der Waals surface area contributed by atoms with Crippen molar-refractivity contribution in [1.82, 2.24) is 0 Å². The highest BCUT2D eigenvalue weighted by Crippen LogP contribution is 2.37. The van der Waals surface area contributed by atoms with Gasteiger partial charge in [-0.2, -0.15) is 0 Å². The highest BCUT2D eigenvalue weighted by Gasteiger charge is 2.25. The first-order valence-corrected chi connectivity index (χ1v) is 10.9. The molecule has 158 valence electrons. The number of benzene rings is 1. The summed E-state index contributed by atoms with van der Waals surface area (Å²) < 4.78 is 0. The lowest BCUT2D eigenvalue weighted by Crippen LogP contribution is -2.01. The van der Waals surface area contributed by atoms with Crippen molar-refractivity contribution in [3.8, 4) is 0 Å². The van der Waals surface area contributed by atoms with Crippen molar-refractivity contribution in [1.29, 1.82) is 0 Å².